The Morgan fingerprint density at radius 3 is 2.83 bits per heavy atom. The van der Waals surface area contributed by atoms with E-state index < -0.39 is 0 Å². The van der Waals surface area contributed by atoms with Crippen molar-refractivity contribution in [3.63, 3.8) is 0 Å². The van der Waals surface area contributed by atoms with Gasteiger partial charge in [-0.2, -0.15) is 15.3 Å². The summed E-state index contributed by atoms with van der Waals surface area (Å²) in [5, 5.41) is 14.3. The molecule has 1 N–H and O–H groups in total. The normalized spacial score (nSPS) is 10.4. The average Bonchev–Trinajstić information content (AvgIpc) is 2.84. The second kappa shape index (κ2) is 4.91. The number of amides is 1. The summed E-state index contributed by atoms with van der Waals surface area (Å²) in [6.07, 6.45) is 1.41. The number of H-pyrrole nitrogens is 1. The lowest BCUT2D eigenvalue weighted by Gasteiger charge is -2.16. The molecule has 18 heavy (non-hydrogen) atoms. The molecule has 7 heteroatoms. The van der Waals surface area contributed by atoms with Crippen LogP contribution < -0.4 is 0 Å². The van der Waals surface area contributed by atoms with Gasteiger partial charge in [0, 0.05) is 7.05 Å². The minimum atomic E-state index is -0.109. The largest absolute Gasteiger partial charge is 0.334 e. The minimum Gasteiger partial charge on any atom is -0.334 e. The van der Waals surface area contributed by atoms with Crippen LogP contribution in [0.1, 0.15) is 27.6 Å². The van der Waals surface area contributed by atoms with Crippen LogP contribution in [-0.2, 0) is 6.54 Å². The van der Waals surface area contributed by atoms with Crippen LogP contribution in [0.2, 0.25) is 0 Å². The predicted molar refractivity (Wildman–Crippen MR) is 63.7 cm³/mol. The molecule has 0 aliphatic rings. The first-order valence-electron chi connectivity index (χ1n) is 5.48. The van der Waals surface area contributed by atoms with Gasteiger partial charge in [0.2, 0.25) is 0 Å². The third kappa shape index (κ3) is 2.50. The number of carbonyl (C=O) groups is 1. The summed E-state index contributed by atoms with van der Waals surface area (Å²) in [6.45, 7) is 3.95. The van der Waals surface area contributed by atoms with Gasteiger partial charge in [0.1, 0.15) is 12.2 Å². The molecule has 0 saturated carbocycles. The molecule has 0 atom stereocenters. The Labute approximate surface area is 104 Å². The fraction of sp³-hybridized carbons (Fsp3) is 0.364. The maximum atomic E-state index is 12.2. The lowest BCUT2D eigenvalue weighted by atomic mass is 10.2. The second-order valence-electron chi connectivity index (χ2n) is 4.08. The number of nitrogens with one attached hydrogen (secondary N) is 1. The molecule has 7 nitrogen and oxygen atoms in total. The maximum Gasteiger partial charge on any atom is 0.255 e. The van der Waals surface area contributed by atoms with Crippen LogP contribution in [0.3, 0.4) is 0 Å². The molecule has 0 unspecified atom stereocenters. The summed E-state index contributed by atoms with van der Waals surface area (Å²) >= 11 is 0. The van der Waals surface area contributed by atoms with Gasteiger partial charge in [-0.05, 0) is 19.9 Å². The Morgan fingerprint density at radius 1 is 1.39 bits per heavy atom. The van der Waals surface area contributed by atoms with Crippen molar-refractivity contribution in [2.24, 2.45) is 0 Å². The summed E-state index contributed by atoms with van der Waals surface area (Å²) in [7, 11) is 1.71. The number of hydrogen-bond donors (Lipinski definition) is 1. The highest BCUT2D eigenvalue weighted by atomic mass is 16.2. The second-order valence-corrected chi connectivity index (χ2v) is 4.08. The summed E-state index contributed by atoms with van der Waals surface area (Å²) < 4.78 is 0. The molecular formula is C11H14N6O. The number of aromatic amines is 1. The van der Waals surface area contributed by atoms with Gasteiger partial charge in [0.25, 0.3) is 5.91 Å². The zero-order chi connectivity index (χ0) is 13.1. The number of aromatic nitrogens is 5. The highest BCUT2D eigenvalue weighted by Crippen LogP contribution is 2.09. The quantitative estimate of drug-likeness (QED) is 0.851. The van der Waals surface area contributed by atoms with Gasteiger partial charge in [0.15, 0.2) is 0 Å². The van der Waals surface area contributed by atoms with Crippen molar-refractivity contribution in [2.75, 3.05) is 7.05 Å². The number of hydrogen-bond acceptors (Lipinski definition) is 5. The lowest BCUT2D eigenvalue weighted by molar-refractivity contribution is 0.0780. The van der Waals surface area contributed by atoms with Gasteiger partial charge in [-0.25, -0.2) is 4.98 Å². The van der Waals surface area contributed by atoms with Crippen LogP contribution in [0.15, 0.2) is 12.4 Å². The van der Waals surface area contributed by atoms with Gasteiger partial charge < -0.3 is 4.90 Å². The SMILES string of the molecule is Cc1cc(C(=O)N(C)Cc2ncn[nH]2)c(C)nn1. The molecule has 0 aliphatic carbocycles. The van der Waals surface area contributed by atoms with Crippen molar-refractivity contribution >= 4 is 5.91 Å². The topological polar surface area (TPSA) is 87.7 Å². The molecule has 0 saturated heterocycles. The molecule has 2 rings (SSSR count). The van der Waals surface area contributed by atoms with E-state index in [1.165, 1.54) is 6.33 Å². The molecule has 0 aliphatic heterocycles. The van der Waals surface area contributed by atoms with Crippen molar-refractivity contribution in [1.82, 2.24) is 30.3 Å². The Balaban J connectivity index is 2.17. The van der Waals surface area contributed by atoms with Crippen LogP contribution in [0.25, 0.3) is 0 Å². The molecule has 0 fully saturated rings. The van der Waals surface area contributed by atoms with Crippen molar-refractivity contribution in [2.45, 2.75) is 20.4 Å². The molecule has 0 spiro atoms. The van der Waals surface area contributed by atoms with Gasteiger partial charge in [0.05, 0.1) is 23.5 Å². The molecule has 2 aromatic heterocycles. The summed E-state index contributed by atoms with van der Waals surface area (Å²) in [5.74, 6) is 0.532. The Hall–Kier alpha value is -2.31. The van der Waals surface area contributed by atoms with E-state index in [9.17, 15) is 4.79 Å². The fourth-order valence-corrected chi connectivity index (χ4v) is 1.58. The molecule has 0 aromatic carbocycles. The van der Waals surface area contributed by atoms with Gasteiger partial charge in [-0.3, -0.25) is 9.89 Å². The molecular weight excluding hydrogens is 232 g/mol. The highest BCUT2D eigenvalue weighted by Gasteiger charge is 2.16. The van der Waals surface area contributed by atoms with Crippen LogP contribution in [0, 0.1) is 13.8 Å². The first-order chi connectivity index (χ1) is 8.58. The van der Waals surface area contributed by atoms with E-state index in [0.29, 0.717) is 23.6 Å². The third-order valence-corrected chi connectivity index (χ3v) is 2.53. The number of aryl methyl sites for hydroxylation is 2. The standard InChI is InChI=1S/C11H14N6O/c1-7-4-9(8(2)15-14-7)11(18)17(3)5-10-12-6-13-16-10/h4,6H,5H2,1-3H3,(H,12,13,16). The van der Waals surface area contributed by atoms with Crippen LogP contribution in [0.5, 0.6) is 0 Å². The lowest BCUT2D eigenvalue weighted by Crippen LogP contribution is -2.28. The Bertz CT molecular complexity index is 551. The predicted octanol–water partition coefficient (Wildman–Crippen LogP) is 0.484. The monoisotopic (exact) mass is 246 g/mol. The van der Waals surface area contributed by atoms with E-state index in [1.54, 1.807) is 31.9 Å². The Kier molecular flexibility index (Phi) is 3.31. The van der Waals surface area contributed by atoms with E-state index in [-0.39, 0.29) is 5.91 Å². The average molecular weight is 246 g/mol. The van der Waals surface area contributed by atoms with E-state index in [1.807, 2.05) is 0 Å². The molecule has 1 amide bonds. The molecule has 0 radical (unpaired) electrons. The summed E-state index contributed by atoms with van der Waals surface area (Å²) in [5.41, 5.74) is 1.90. The van der Waals surface area contributed by atoms with Crippen LogP contribution in [-0.4, -0.2) is 43.2 Å². The maximum absolute atomic E-state index is 12.2. The summed E-state index contributed by atoms with van der Waals surface area (Å²) in [6, 6.07) is 1.74. The summed E-state index contributed by atoms with van der Waals surface area (Å²) in [4.78, 5) is 17.8. The van der Waals surface area contributed by atoms with Crippen LogP contribution in [0.4, 0.5) is 0 Å². The van der Waals surface area contributed by atoms with Gasteiger partial charge >= 0.3 is 0 Å². The van der Waals surface area contributed by atoms with Gasteiger partial charge in [-0.15, -0.1) is 0 Å². The van der Waals surface area contributed by atoms with Gasteiger partial charge in [-0.1, -0.05) is 0 Å². The molecule has 2 heterocycles. The zero-order valence-corrected chi connectivity index (χ0v) is 10.5. The fourth-order valence-electron chi connectivity index (χ4n) is 1.58. The van der Waals surface area contributed by atoms with E-state index in [4.69, 9.17) is 0 Å². The zero-order valence-electron chi connectivity index (χ0n) is 10.5. The number of carbonyl (C=O) groups excluding carboxylic acids is 1. The van der Waals surface area contributed by atoms with E-state index in [0.717, 1.165) is 5.69 Å². The highest BCUT2D eigenvalue weighted by molar-refractivity contribution is 5.95. The Morgan fingerprint density at radius 2 is 2.17 bits per heavy atom. The van der Waals surface area contributed by atoms with Crippen molar-refractivity contribution in [3.05, 3.63) is 35.2 Å². The molecule has 2 aromatic rings. The molecule has 94 valence electrons. The van der Waals surface area contributed by atoms with Crippen molar-refractivity contribution < 1.29 is 4.79 Å². The minimum absolute atomic E-state index is 0.109. The van der Waals surface area contributed by atoms with Crippen LogP contribution >= 0.6 is 0 Å². The van der Waals surface area contributed by atoms with Crippen molar-refractivity contribution in [1.29, 1.82) is 0 Å². The first-order valence-corrected chi connectivity index (χ1v) is 5.48. The third-order valence-electron chi connectivity index (χ3n) is 2.53. The van der Waals surface area contributed by atoms with E-state index >= 15 is 0 Å². The number of rotatable bonds is 3. The van der Waals surface area contributed by atoms with E-state index in [2.05, 4.69) is 25.4 Å². The number of nitrogens with zero attached hydrogens (tertiary/aromatic N) is 5. The first kappa shape index (κ1) is 12.2. The smallest absolute Gasteiger partial charge is 0.255 e. The molecule has 0 bridgehead atoms. The van der Waals surface area contributed by atoms with Crippen molar-refractivity contribution in [3.8, 4) is 0 Å².